The summed E-state index contributed by atoms with van der Waals surface area (Å²) in [5.74, 6) is 0. The van der Waals surface area contributed by atoms with Crippen LogP contribution in [0.5, 0.6) is 0 Å². The van der Waals surface area contributed by atoms with Gasteiger partial charge in [0.25, 0.3) is 0 Å². The molecule has 0 amide bonds. The SMILES string of the molecule is CCN1[C@H](C)Cc2[nH]ccc2[C@H]1C. The Bertz CT molecular complexity index is 290. The number of H-pyrrole nitrogens is 1. The van der Waals surface area contributed by atoms with Gasteiger partial charge >= 0.3 is 0 Å². The number of hydrogen-bond donors (Lipinski definition) is 1. The molecular formula is C11H18N2. The van der Waals surface area contributed by atoms with Crippen LogP contribution in [0.2, 0.25) is 0 Å². The van der Waals surface area contributed by atoms with Gasteiger partial charge in [0.1, 0.15) is 0 Å². The third-order valence-electron chi connectivity index (χ3n) is 3.25. The molecule has 2 nitrogen and oxygen atoms in total. The lowest BCUT2D eigenvalue weighted by Gasteiger charge is -2.38. The van der Waals surface area contributed by atoms with Gasteiger partial charge in [-0.05, 0) is 32.0 Å². The first-order valence-corrected chi connectivity index (χ1v) is 5.16. The summed E-state index contributed by atoms with van der Waals surface area (Å²) in [4.78, 5) is 5.89. The van der Waals surface area contributed by atoms with Crippen LogP contribution in [0.4, 0.5) is 0 Å². The second-order valence-corrected chi connectivity index (χ2v) is 3.97. The zero-order valence-electron chi connectivity index (χ0n) is 8.67. The molecule has 2 heterocycles. The molecule has 1 aliphatic rings. The van der Waals surface area contributed by atoms with E-state index in [0.29, 0.717) is 12.1 Å². The van der Waals surface area contributed by atoms with Crippen molar-refractivity contribution >= 4 is 0 Å². The molecule has 1 aliphatic heterocycles. The van der Waals surface area contributed by atoms with Crippen LogP contribution < -0.4 is 0 Å². The van der Waals surface area contributed by atoms with Crippen molar-refractivity contribution in [2.24, 2.45) is 0 Å². The Kier molecular flexibility index (Phi) is 2.16. The summed E-state index contributed by atoms with van der Waals surface area (Å²) in [6.45, 7) is 7.99. The summed E-state index contributed by atoms with van der Waals surface area (Å²) in [6, 6.07) is 3.47. The van der Waals surface area contributed by atoms with E-state index in [4.69, 9.17) is 0 Å². The minimum atomic E-state index is 0.579. The van der Waals surface area contributed by atoms with Crippen molar-refractivity contribution in [2.45, 2.75) is 39.3 Å². The summed E-state index contributed by atoms with van der Waals surface area (Å²) in [7, 11) is 0. The van der Waals surface area contributed by atoms with E-state index < -0.39 is 0 Å². The number of aromatic nitrogens is 1. The van der Waals surface area contributed by atoms with Crippen LogP contribution in [0.25, 0.3) is 0 Å². The van der Waals surface area contributed by atoms with Crippen molar-refractivity contribution in [1.82, 2.24) is 9.88 Å². The largest absolute Gasteiger partial charge is 0.365 e. The minimum Gasteiger partial charge on any atom is -0.365 e. The van der Waals surface area contributed by atoms with Crippen molar-refractivity contribution in [1.29, 1.82) is 0 Å². The van der Waals surface area contributed by atoms with Crippen molar-refractivity contribution in [3.63, 3.8) is 0 Å². The third kappa shape index (κ3) is 1.29. The fraction of sp³-hybridized carbons (Fsp3) is 0.636. The fourth-order valence-corrected chi connectivity index (χ4v) is 2.54. The quantitative estimate of drug-likeness (QED) is 0.699. The summed E-state index contributed by atoms with van der Waals surface area (Å²) >= 11 is 0. The van der Waals surface area contributed by atoms with Crippen LogP contribution in [-0.2, 0) is 6.42 Å². The second-order valence-electron chi connectivity index (χ2n) is 3.97. The molecule has 0 radical (unpaired) electrons. The molecule has 1 aromatic heterocycles. The lowest BCUT2D eigenvalue weighted by molar-refractivity contribution is 0.146. The predicted molar refractivity (Wildman–Crippen MR) is 54.8 cm³/mol. The maximum atomic E-state index is 3.34. The Morgan fingerprint density at radius 3 is 3.00 bits per heavy atom. The molecule has 2 rings (SSSR count). The van der Waals surface area contributed by atoms with E-state index >= 15 is 0 Å². The smallest absolute Gasteiger partial charge is 0.0340 e. The fourth-order valence-electron chi connectivity index (χ4n) is 2.54. The van der Waals surface area contributed by atoms with Gasteiger partial charge < -0.3 is 4.98 Å². The Labute approximate surface area is 79.9 Å². The Morgan fingerprint density at radius 2 is 2.31 bits per heavy atom. The van der Waals surface area contributed by atoms with E-state index in [1.54, 1.807) is 0 Å². The van der Waals surface area contributed by atoms with E-state index in [0.717, 1.165) is 6.54 Å². The molecule has 0 bridgehead atoms. The molecule has 1 N–H and O–H groups in total. The van der Waals surface area contributed by atoms with Gasteiger partial charge in [0.05, 0.1) is 0 Å². The zero-order chi connectivity index (χ0) is 9.42. The Morgan fingerprint density at radius 1 is 1.54 bits per heavy atom. The lowest BCUT2D eigenvalue weighted by atomic mass is 9.95. The number of rotatable bonds is 1. The van der Waals surface area contributed by atoms with Gasteiger partial charge in [0.15, 0.2) is 0 Å². The zero-order valence-corrected chi connectivity index (χ0v) is 8.67. The molecule has 0 spiro atoms. The van der Waals surface area contributed by atoms with Crippen LogP contribution in [0.15, 0.2) is 12.3 Å². The molecule has 2 heteroatoms. The maximum absolute atomic E-state index is 3.34. The van der Waals surface area contributed by atoms with Gasteiger partial charge in [-0.2, -0.15) is 0 Å². The number of nitrogens with one attached hydrogen (secondary N) is 1. The molecule has 0 saturated carbocycles. The van der Waals surface area contributed by atoms with Gasteiger partial charge in [-0.25, -0.2) is 0 Å². The van der Waals surface area contributed by atoms with E-state index in [9.17, 15) is 0 Å². The average molecular weight is 178 g/mol. The standard InChI is InChI=1S/C11H18N2/c1-4-13-8(2)7-11-10(9(13)3)5-6-12-11/h5-6,8-9,12H,4,7H2,1-3H3/t8-,9-/m1/s1. The summed E-state index contributed by atoms with van der Waals surface area (Å²) in [6.07, 6.45) is 3.23. The lowest BCUT2D eigenvalue weighted by Crippen LogP contribution is -2.40. The third-order valence-corrected chi connectivity index (χ3v) is 3.25. The molecular weight excluding hydrogens is 160 g/mol. The molecule has 0 aromatic carbocycles. The Balaban J connectivity index is 2.34. The van der Waals surface area contributed by atoms with Crippen molar-refractivity contribution in [2.75, 3.05) is 6.54 Å². The van der Waals surface area contributed by atoms with E-state index in [2.05, 4.69) is 42.9 Å². The number of fused-ring (bicyclic) bond motifs is 1. The number of nitrogens with zero attached hydrogens (tertiary/aromatic N) is 1. The summed E-state index contributed by atoms with van der Waals surface area (Å²) in [5, 5.41) is 0. The van der Waals surface area contributed by atoms with Gasteiger partial charge in [0.2, 0.25) is 0 Å². The average Bonchev–Trinajstić information content (AvgIpc) is 2.53. The number of aromatic amines is 1. The van der Waals surface area contributed by atoms with Crippen LogP contribution in [0.1, 0.15) is 38.1 Å². The second kappa shape index (κ2) is 3.18. The molecule has 1 aromatic rings. The van der Waals surface area contributed by atoms with Crippen molar-refractivity contribution in [3.8, 4) is 0 Å². The molecule has 0 saturated heterocycles. The first-order chi connectivity index (χ1) is 6.24. The van der Waals surface area contributed by atoms with Crippen LogP contribution in [-0.4, -0.2) is 22.5 Å². The summed E-state index contributed by atoms with van der Waals surface area (Å²) in [5.41, 5.74) is 2.92. The van der Waals surface area contributed by atoms with Crippen LogP contribution in [0.3, 0.4) is 0 Å². The predicted octanol–water partition coefficient (Wildman–Crippen LogP) is 2.34. The van der Waals surface area contributed by atoms with Gasteiger partial charge in [0, 0.05) is 30.4 Å². The van der Waals surface area contributed by atoms with E-state index in [1.807, 2.05) is 0 Å². The van der Waals surface area contributed by atoms with Gasteiger partial charge in [-0.15, -0.1) is 0 Å². The first kappa shape index (κ1) is 8.82. The highest BCUT2D eigenvalue weighted by Gasteiger charge is 2.28. The van der Waals surface area contributed by atoms with Crippen molar-refractivity contribution < 1.29 is 0 Å². The molecule has 0 aliphatic carbocycles. The highest BCUT2D eigenvalue weighted by Crippen LogP contribution is 2.31. The normalized spacial score (nSPS) is 28.8. The van der Waals surface area contributed by atoms with Crippen LogP contribution in [0, 0.1) is 0 Å². The van der Waals surface area contributed by atoms with E-state index in [1.165, 1.54) is 17.7 Å². The number of likely N-dealkylation sites (N-methyl/N-ethyl adjacent to an activating group) is 1. The molecule has 72 valence electrons. The number of hydrogen-bond acceptors (Lipinski definition) is 1. The Hall–Kier alpha value is -0.760. The van der Waals surface area contributed by atoms with E-state index in [-0.39, 0.29) is 0 Å². The highest BCUT2D eigenvalue weighted by atomic mass is 15.2. The van der Waals surface area contributed by atoms with Crippen LogP contribution >= 0.6 is 0 Å². The minimum absolute atomic E-state index is 0.579. The summed E-state index contributed by atoms with van der Waals surface area (Å²) < 4.78 is 0. The molecule has 0 unspecified atom stereocenters. The highest BCUT2D eigenvalue weighted by molar-refractivity contribution is 5.27. The first-order valence-electron chi connectivity index (χ1n) is 5.16. The molecule has 2 atom stereocenters. The monoisotopic (exact) mass is 178 g/mol. The topological polar surface area (TPSA) is 19.0 Å². The van der Waals surface area contributed by atoms with Crippen molar-refractivity contribution in [3.05, 3.63) is 23.5 Å². The molecule has 0 fully saturated rings. The van der Waals surface area contributed by atoms with Gasteiger partial charge in [-0.3, -0.25) is 4.90 Å². The maximum Gasteiger partial charge on any atom is 0.0340 e. The van der Waals surface area contributed by atoms with Gasteiger partial charge in [-0.1, -0.05) is 6.92 Å². The molecule has 13 heavy (non-hydrogen) atoms.